The minimum absolute atomic E-state index is 0.0156. The van der Waals surface area contributed by atoms with Gasteiger partial charge in [-0.2, -0.15) is 0 Å². The van der Waals surface area contributed by atoms with Crippen LogP contribution in [0.1, 0.15) is 36.7 Å². The van der Waals surface area contributed by atoms with Gasteiger partial charge in [-0.1, -0.05) is 32.9 Å². The summed E-state index contributed by atoms with van der Waals surface area (Å²) in [6.45, 7) is 8.65. The Labute approximate surface area is 187 Å². The monoisotopic (exact) mass is 436 g/mol. The third-order valence-corrected chi connectivity index (χ3v) is 5.79. The number of fused-ring (bicyclic) bond motifs is 1. The van der Waals surface area contributed by atoms with Crippen molar-refractivity contribution in [1.29, 1.82) is 0 Å². The predicted molar refractivity (Wildman–Crippen MR) is 124 cm³/mol. The summed E-state index contributed by atoms with van der Waals surface area (Å²) < 4.78 is 11.3. The fourth-order valence-electron chi connectivity index (χ4n) is 3.88. The van der Waals surface area contributed by atoms with Gasteiger partial charge >= 0.3 is 6.09 Å². The summed E-state index contributed by atoms with van der Waals surface area (Å²) in [4.78, 5) is 27.0. The number of morpholine rings is 1. The maximum absolute atomic E-state index is 12.7. The lowest BCUT2D eigenvalue weighted by Gasteiger charge is -2.26. The highest BCUT2D eigenvalue weighted by Gasteiger charge is 2.24. The van der Waals surface area contributed by atoms with E-state index in [9.17, 15) is 14.7 Å². The van der Waals surface area contributed by atoms with Crippen molar-refractivity contribution >= 4 is 28.9 Å². The molecule has 0 spiro atoms. The van der Waals surface area contributed by atoms with Crippen molar-refractivity contribution in [2.75, 3.05) is 38.3 Å². The van der Waals surface area contributed by atoms with Gasteiger partial charge in [0.1, 0.15) is 5.58 Å². The first-order valence-electron chi connectivity index (χ1n) is 10.7. The first kappa shape index (κ1) is 21.9. The summed E-state index contributed by atoms with van der Waals surface area (Å²) in [7, 11) is 1.46. The largest absolute Gasteiger partial charge is 0.465 e. The van der Waals surface area contributed by atoms with E-state index in [0.717, 1.165) is 27.0 Å². The molecule has 3 aromatic rings. The van der Waals surface area contributed by atoms with E-state index in [1.165, 1.54) is 7.05 Å². The Bertz CT molecular complexity index is 1150. The number of ether oxygens (including phenoxy) is 1. The average molecular weight is 437 g/mol. The van der Waals surface area contributed by atoms with Gasteiger partial charge < -0.3 is 19.2 Å². The molecule has 7 heteroatoms. The summed E-state index contributed by atoms with van der Waals surface area (Å²) in [6.07, 6.45) is -1.08. The quantitative estimate of drug-likeness (QED) is 0.626. The van der Waals surface area contributed by atoms with Crippen LogP contribution in [-0.4, -0.2) is 55.4 Å². The maximum atomic E-state index is 12.7. The number of carbonyl (C=O) groups is 2. The summed E-state index contributed by atoms with van der Waals surface area (Å²) in [6, 6.07) is 13.4. The van der Waals surface area contributed by atoms with Crippen molar-refractivity contribution in [2.45, 2.75) is 26.2 Å². The van der Waals surface area contributed by atoms with Crippen LogP contribution in [-0.2, 0) is 10.2 Å². The van der Waals surface area contributed by atoms with Gasteiger partial charge in [-0.05, 0) is 40.8 Å². The summed E-state index contributed by atoms with van der Waals surface area (Å²) in [5.41, 5.74) is 4.08. The minimum Gasteiger partial charge on any atom is -0.465 e. The third-order valence-electron chi connectivity index (χ3n) is 5.79. The number of hydrogen-bond donors (Lipinski definition) is 1. The van der Waals surface area contributed by atoms with E-state index in [1.807, 2.05) is 35.2 Å². The molecular weight excluding hydrogens is 408 g/mol. The number of carbonyl (C=O) groups excluding carboxylic acids is 1. The summed E-state index contributed by atoms with van der Waals surface area (Å²) >= 11 is 0. The van der Waals surface area contributed by atoms with Crippen molar-refractivity contribution in [1.82, 2.24) is 4.90 Å². The summed E-state index contributed by atoms with van der Waals surface area (Å²) in [5, 5.41) is 10.2. The van der Waals surface area contributed by atoms with Gasteiger partial charge in [0.2, 0.25) is 5.88 Å². The molecular formula is C25H28N2O5. The Balaban J connectivity index is 1.72. The van der Waals surface area contributed by atoms with E-state index in [4.69, 9.17) is 9.15 Å². The molecule has 1 aliphatic rings. The lowest BCUT2D eigenvalue weighted by molar-refractivity contribution is 0.0303. The third kappa shape index (κ3) is 4.21. The molecule has 7 nitrogen and oxygen atoms in total. The lowest BCUT2D eigenvalue weighted by atomic mass is 9.84. The highest BCUT2D eigenvalue weighted by molar-refractivity contribution is 5.96. The first-order valence-corrected chi connectivity index (χ1v) is 10.7. The standard InChI is InChI=1S/C25H28N2O5/c1-25(2,3)20-14-18(13-19-15-21(32-22(19)20)26(4)24(29)30)16-5-7-17(8-6-16)23(28)27-9-11-31-12-10-27/h5-8,13-15H,9-12H2,1-4H3,(H,29,30). The molecule has 168 valence electrons. The molecule has 0 atom stereocenters. The molecule has 0 bridgehead atoms. The van der Waals surface area contributed by atoms with Gasteiger partial charge in [-0.25, -0.2) is 4.79 Å². The maximum Gasteiger partial charge on any atom is 0.413 e. The number of hydrogen-bond acceptors (Lipinski definition) is 4. The Kier molecular flexibility index (Phi) is 5.69. The van der Waals surface area contributed by atoms with E-state index in [2.05, 4.69) is 26.8 Å². The Morgan fingerprint density at radius 1 is 1.00 bits per heavy atom. The molecule has 2 aromatic carbocycles. The molecule has 0 aliphatic carbocycles. The van der Waals surface area contributed by atoms with Gasteiger partial charge in [0, 0.05) is 42.7 Å². The summed E-state index contributed by atoms with van der Waals surface area (Å²) in [5.74, 6) is 0.295. The topological polar surface area (TPSA) is 83.2 Å². The van der Waals surface area contributed by atoms with Gasteiger partial charge in [0.25, 0.3) is 5.91 Å². The average Bonchev–Trinajstić information content (AvgIpc) is 3.21. The van der Waals surface area contributed by atoms with Crippen LogP contribution in [0.4, 0.5) is 10.7 Å². The van der Waals surface area contributed by atoms with Crippen LogP contribution in [0.15, 0.2) is 46.9 Å². The van der Waals surface area contributed by atoms with Crippen molar-refractivity contribution in [2.24, 2.45) is 0 Å². The zero-order chi connectivity index (χ0) is 23.0. The van der Waals surface area contributed by atoms with Crippen molar-refractivity contribution < 1.29 is 23.8 Å². The Morgan fingerprint density at radius 2 is 1.66 bits per heavy atom. The zero-order valence-electron chi connectivity index (χ0n) is 18.8. The zero-order valence-corrected chi connectivity index (χ0v) is 18.8. The van der Waals surface area contributed by atoms with Crippen LogP contribution in [0.3, 0.4) is 0 Å². The molecule has 4 rings (SSSR count). The molecule has 1 N–H and O–H groups in total. The number of nitrogens with zero attached hydrogens (tertiary/aromatic N) is 2. The highest BCUT2D eigenvalue weighted by Crippen LogP contribution is 2.38. The molecule has 0 saturated carbocycles. The molecule has 0 unspecified atom stereocenters. The minimum atomic E-state index is -1.08. The first-order chi connectivity index (χ1) is 15.1. The molecule has 2 amide bonds. The lowest BCUT2D eigenvalue weighted by Crippen LogP contribution is -2.40. The Hall–Kier alpha value is -3.32. The molecule has 1 aliphatic heterocycles. The fourth-order valence-corrected chi connectivity index (χ4v) is 3.88. The molecule has 0 radical (unpaired) electrons. The van der Waals surface area contributed by atoms with Crippen LogP contribution in [0.2, 0.25) is 0 Å². The second kappa shape index (κ2) is 8.31. The van der Waals surface area contributed by atoms with Crippen LogP contribution in [0.5, 0.6) is 0 Å². The number of benzene rings is 2. The van der Waals surface area contributed by atoms with Crippen LogP contribution in [0.25, 0.3) is 22.1 Å². The van der Waals surface area contributed by atoms with Gasteiger partial charge in [0.05, 0.1) is 13.2 Å². The number of anilines is 1. The molecule has 1 aromatic heterocycles. The smallest absolute Gasteiger partial charge is 0.413 e. The number of furan rings is 1. The van der Waals surface area contributed by atoms with Crippen LogP contribution < -0.4 is 4.90 Å². The van der Waals surface area contributed by atoms with E-state index in [-0.39, 0.29) is 17.2 Å². The second-order valence-corrected chi connectivity index (χ2v) is 9.10. The number of carboxylic acid groups (broad SMARTS) is 1. The van der Waals surface area contributed by atoms with E-state index < -0.39 is 6.09 Å². The normalized spacial score (nSPS) is 14.6. The van der Waals surface area contributed by atoms with Crippen molar-refractivity contribution in [3.63, 3.8) is 0 Å². The number of rotatable bonds is 3. The fraction of sp³-hybridized carbons (Fsp3) is 0.360. The number of amides is 2. The van der Waals surface area contributed by atoms with Gasteiger partial charge in [0.15, 0.2) is 0 Å². The van der Waals surface area contributed by atoms with Gasteiger partial charge in [-0.15, -0.1) is 0 Å². The van der Waals surface area contributed by atoms with Gasteiger partial charge in [-0.3, -0.25) is 9.69 Å². The van der Waals surface area contributed by atoms with E-state index in [0.29, 0.717) is 37.4 Å². The molecule has 32 heavy (non-hydrogen) atoms. The predicted octanol–water partition coefficient (Wildman–Crippen LogP) is 4.98. The SMILES string of the molecule is CN(C(=O)O)c1cc2cc(-c3ccc(C(=O)N4CCOCC4)cc3)cc(C(C)(C)C)c2o1. The van der Waals surface area contributed by atoms with Crippen molar-refractivity contribution in [3.05, 3.63) is 53.6 Å². The molecule has 1 saturated heterocycles. The van der Waals surface area contributed by atoms with Crippen LogP contribution in [0, 0.1) is 0 Å². The molecule has 1 fully saturated rings. The van der Waals surface area contributed by atoms with E-state index >= 15 is 0 Å². The molecule has 2 heterocycles. The highest BCUT2D eigenvalue weighted by atomic mass is 16.5. The van der Waals surface area contributed by atoms with E-state index in [1.54, 1.807) is 6.07 Å². The Morgan fingerprint density at radius 3 is 2.25 bits per heavy atom. The van der Waals surface area contributed by atoms with Crippen LogP contribution >= 0.6 is 0 Å². The van der Waals surface area contributed by atoms with Crippen molar-refractivity contribution in [3.8, 4) is 11.1 Å². The second-order valence-electron chi connectivity index (χ2n) is 9.10.